The maximum atomic E-state index is 13.3. The summed E-state index contributed by atoms with van der Waals surface area (Å²) in [6, 6.07) is 30.7. The first-order chi connectivity index (χ1) is 18.7. The molecule has 1 saturated heterocycles. The molecule has 192 valence electrons. The number of aromatic nitrogens is 2. The van der Waals surface area contributed by atoms with Crippen molar-refractivity contribution in [3.63, 3.8) is 0 Å². The number of imidazole rings is 1. The lowest BCUT2D eigenvalue weighted by atomic mass is 9.96. The number of fused-ring (bicyclic) bond motifs is 2. The Morgan fingerprint density at radius 1 is 0.947 bits per heavy atom. The van der Waals surface area contributed by atoms with Crippen LogP contribution < -0.4 is 10.1 Å². The number of ether oxygens (including phenoxy) is 1. The Balaban J connectivity index is 1.20. The Bertz CT molecular complexity index is 1570. The highest BCUT2D eigenvalue weighted by atomic mass is 16.5. The highest BCUT2D eigenvalue weighted by Crippen LogP contribution is 2.26. The average Bonchev–Trinajstić information content (AvgIpc) is 3.30. The Morgan fingerprint density at radius 3 is 2.61 bits per heavy atom. The third-order valence-electron chi connectivity index (χ3n) is 7.52. The van der Waals surface area contributed by atoms with Gasteiger partial charge in [0.05, 0.1) is 30.6 Å². The van der Waals surface area contributed by atoms with E-state index in [2.05, 4.69) is 63.3 Å². The van der Waals surface area contributed by atoms with Crippen LogP contribution in [0.25, 0.3) is 21.8 Å². The molecule has 1 aromatic heterocycles. The van der Waals surface area contributed by atoms with Gasteiger partial charge in [-0.25, -0.2) is 4.98 Å². The summed E-state index contributed by atoms with van der Waals surface area (Å²) in [4.78, 5) is 20.7. The van der Waals surface area contributed by atoms with E-state index in [-0.39, 0.29) is 11.8 Å². The number of para-hydroxylation sites is 2. The molecule has 1 fully saturated rings. The molecule has 2 heterocycles. The minimum absolute atomic E-state index is 0.0536. The molecule has 1 aliphatic heterocycles. The highest BCUT2D eigenvalue weighted by molar-refractivity contribution is 6.02. The van der Waals surface area contributed by atoms with Crippen molar-refractivity contribution in [2.45, 2.75) is 25.9 Å². The number of hydrogen-bond donors (Lipinski definition) is 1. The third-order valence-corrected chi connectivity index (χ3v) is 7.52. The Morgan fingerprint density at radius 2 is 1.74 bits per heavy atom. The van der Waals surface area contributed by atoms with E-state index in [1.54, 1.807) is 7.11 Å². The fraction of sp³-hybridized carbons (Fsp3) is 0.250. The van der Waals surface area contributed by atoms with Crippen molar-refractivity contribution < 1.29 is 9.53 Å². The summed E-state index contributed by atoms with van der Waals surface area (Å²) in [6.45, 7) is 3.13. The topological polar surface area (TPSA) is 59.4 Å². The SMILES string of the molecule is COc1ccc(Cn2c(CN3CCC[C@H](C(=O)Nc4cccc5ccccc45)C3)nc3ccccc32)cc1. The summed E-state index contributed by atoms with van der Waals surface area (Å²) < 4.78 is 7.63. The minimum Gasteiger partial charge on any atom is -0.497 e. The van der Waals surface area contributed by atoms with Crippen LogP contribution in [0.5, 0.6) is 5.75 Å². The van der Waals surface area contributed by atoms with Crippen LogP contribution >= 0.6 is 0 Å². The monoisotopic (exact) mass is 504 g/mol. The Labute approximate surface area is 222 Å². The van der Waals surface area contributed by atoms with Gasteiger partial charge >= 0.3 is 0 Å². The van der Waals surface area contributed by atoms with Gasteiger partial charge in [-0.2, -0.15) is 0 Å². The number of methoxy groups -OCH3 is 1. The van der Waals surface area contributed by atoms with Gasteiger partial charge in [0.2, 0.25) is 5.91 Å². The van der Waals surface area contributed by atoms with Gasteiger partial charge in [0.15, 0.2) is 0 Å². The number of carbonyl (C=O) groups is 1. The summed E-state index contributed by atoms with van der Waals surface area (Å²) in [6.07, 6.45) is 1.89. The van der Waals surface area contributed by atoms with E-state index in [0.29, 0.717) is 6.54 Å². The maximum absolute atomic E-state index is 13.3. The van der Waals surface area contributed by atoms with E-state index in [1.807, 2.05) is 42.5 Å². The third kappa shape index (κ3) is 5.00. The van der Waals surface area contributed by atoms with Gasteiger partial charge in [0.25, 0.3) is 0 Å². The molecule has 6 heteroatoms. The lowest BCUT2D eigenvalue weighted by Crippen LogP contribution is -2.40. The molecule has 5 aromatic rings. The molecule has 0 spiro atoms. The fourth-order valence-electron chi connectivity index (χ4n) is 5.52. The molecule has 0 saturated carbocycles. The van der Waals surface area contributed by atoms with Crippen molar-refractivity contribution in [1.82, 2.24) is 14.5 Å². The van der Waals surface area contributed by atoms with Crippen LogP contribution in [0.4, 0.5) is 5.69 Å². The quantitative estimate of drug-likeness (QED) is 0.291. The van der Waals surface area contributed by atoms with Crippen molar-refractivity contribution in [3.8, 4) is 5.75 Å². The first-order valence-electron chi connectivity index (χ1n) is 13.3. The first-order valence-corrected chi connectivity index (χ1v) is 13.3. The van der Waals surface area contributed by atoms with Gasteiger partial charge in [-0.3, -0.25) is 9.69 Å². The van der Waals surface area contributed by atoms with E-state index < -0.39 is 0 Å². The van der Waals surface area contributed by atoms with Crippen LogP contribution in [-0.4, -0.2) is 40.6 Å². The normalized spacial score (nSPS) is 16.1. The number of hydrogen-bond acceptors (Lipinski definition) is 4. The molecule has 1 atom stereocenters. The van der Waals surface area contributed by atoms with E-state index in [4.69, 9.17) is 9.72 Å². The molecule has 1 N–H and O–H groups in total. The summed E-state index contributed by atoms with van der Waals surface area (Å²) in [5, 5.41) is 5.42. The number of likely N-dealkylation sites (tertiary alicyclic amines) is 1. The van der Waals surface area contributed by atoms with Gasteiger partial charge in [0.1, 0.15) is 11.6 Å². The molecular formula is C32H32N4O2. The summed E-state index contributed by atoms with van der Waals surface area (Å²) in [5.74, 6) is 1.92. The first kappa shape index (κ1) is 24.2. The zero-order chi connectivity index (χ0) is 25.9. The van der Waals surface area contributed by atoms with Crippen molar-refractivity contribution in [2.24, 2.45) is 5.92 Å². The molecule has 1 amide bonds. The maximum Gasteiger partial charge on any atom is 0.228 e. The van der Waals surface area contributed by atoms with Crippen molar-refractivity contribution in [3.05, 3.63) is 102 Å². The number of piperidine rings is 1. The summed E-state index contributed by atoms with van der Waals surface area (Å²) in [7, 11) is 1.69. The van der Waals surface area contributed by atoms with E-state index in [1.165, 1.54) is 5.56 Å². The second kappa shape index (κ2) is 10.7. The molecule has 6 nitrogen and oxygen atoms in total. The van der Waals surface area contributed by atoms with E-state index in [0.717, 1.165) is 71.5 Å². The van der Waals surface area contributed by atoms with E-state index >= 15 is 0 Å². The number of carbonyl (C=O) groups excluding carboxylic acids is 1. The van der Waals surface area contributed by atoms with Crippen LogP contribution in [0.3, 0.4) is 0 Å². The smallest absolute Gasteiger partial charge is 0.228 e. The molecular weight excluding hydrogens is 472 g/mol. The van der Waals surface area contributed by atoms with Gasteiger partial charge in [-0.1, -0.05) is 60.7 Å². The lowest BCUT2D eigenvalue weighted by molar-refractivity contribution is -0.121. The number of amides is 1. The molecule has 0 bridgehead atoms. The summed E-state index contributed by atoms with van der Waals surface area (Å²) in [5.41, 5.74) is 4.20. The lowest BCUT2D eigenvalue weighted by Gasteiger charge is -2.32. The van der Waals surface area contributed by atoms with Gasteiger partial charge < -0.3 is 14.6 Å². The Kier molecular flexibility index (Phi) is 6.80. The van der Waals surface area contributed by atoms with Crippen LogP contribution in [0.15, 0.2) is 91.0 Å². The van der Waals surface area contributed by atoms with Crippen molar-refractivity contribution in [1.29, 1.82) is 0 Å². The number of anilines is 1. The zero-order valence-corrected chi connectivity index (χ0v) is 21.6. The molecule has 0 aliphatic carbocycles. The highest BCUT2D eigenvalue weighted by Gasteiger charge is 2.27. The minimum atomic E-state index is -0.0536. The standard InChI is InChI=1S/C32H32N4O2/c1-38-26-17-15-23(16-18-26)20-36-30-14-5-4-12-29(30)33-31(36)22-35-19-7-10-25(21-35)32(37)34-28-13-6-9-24-8-2-3-11-27(24)28/h2-6,8-9,11-18,25H,7,10,19-22H2,1H3,(H,34,37)/t25-/m0/s1. The molecule has 1 aliphatic rings. The van der Waals surface area contributed by atoms with Crippen molar-refractivity contribution >= 4 is 33.4 Å². The summed E-state index contributed by atoms with van der Waals surface area (Å²) >= 11 is 0. The fourth-order valence-corrected chi connectivity index (χ4v) is 5.52. The molecule has 4 aromatic carbocycles. The second-order valence-electron chi connectivity index (χ2n) is 10.0. The molecule has 0 radical (unpaired) electrons. The molecule has 38 heavy (non-hydrogen) atoms. The van der Waals surface area contributed by atoms with Crippen LogP contribution in [0.1, 0.15) is 24.2 Å². The number of nitrogens with zero attached hydrogens (tertiary/aromatic N) is 3. The van der Waals surface area contributed by atoms with Crippen LogP contribution in [-0.2, 0) is 17.9 Å². The zero-order valence-electron chi connectivity index (χ0n) is 21.6. The second-order valence-corrected chi connectivity index (χ2v) is 10.0. The molecule has 6 rings (SSSR count). The van der Waals surface area contributed by atoms with Crippen LogP contribution in [0, 0.1) is 5.92 Å². The Hall–Kier alpha value is -4.16. The number of nitrogens with one attached hydrogen (secondary N) is 1. The predicted octanol–water partition coefficient (Wildman–Crippen LogP) is 6.10. The average molecular weight is 505 g/mol. The predicted molar refractivity (Wildman–Crippen MR) is 152 cm³/mol. The number of benzene rings is 4. The van der Waals surface area contributed by atoms with Crippen molar-refractivity contribution in [2.75, 3.05) is 25.5 Å². The van der Waals surface area contributed by atoms with Gasteiger partial charge in [-0.15, -0.1) is 0 Å². The molecule has 0 unspecified atom stereocenters. The number of rotatable bonds is 7. The van der Waals surface area contributed by atoms with E-state index in [9.17, 15) is 4.79 Å². The largest absolute Gasteiger partial charge is 0.497 e. The van der Waals surface area contributed by atoms with Gasteiger partial charge in [0, 0.05) is 24.2 Å². The van der Waals surface area contributed by atoms with Crippen LogP contribution in [0.2, 0.25) is 0 Å². The van der Waals surface area contributed by atoms with Gasteiger partial charge in [-0.05, 0) is 60.7 Å².